The van der Waals surface area contributed by atoms with Crippen LogP contribution in [0.2, 0.25) is 0 Å². The van der Waals surface area contributed by atoms with Crippen molar-refractivity contribution >= 4 is 40.1 Å². The zero-order valence-electron chi connectivity index (χ0n) is 14.5. The summed E-state index contributed by atoms with van der Waals surface area (Å²) in [6.07, 6.45) is 0. The van der Waals surface area contributed by atoms with Crippen LogP contribution in [-0.2, 0) is 12.3 Å². The molecular formula is C19H16N4O2S2. The number of amides is 1. The van der Waals surface area contributed by atoms with E-state index in [0.29, 0.717) is 22.5 Å². The Morgan fingerprint density at radius 2 is 1.96 bits per heavy atom. The van der Waals surface area contributed by atoms with Gasteiger partial charge >= 0.3 is 0 Å². The fourth-order valence-corrected chi connectivity index (χ4v) is 3.98. The van der Waals surface area contributed by atoms with Crippen LogP contribution in [0, 0.1) is 6.92 Å². The van der Waals surface area contributed by atoms with E-state index in [1.807, 2.05) is 55.5 Å². The van der Waals surface area contributed by atoms with Gasteiger partial charge in [0.05, 0.1) is 5.75 Å². The molecule has 2 aromatic heterocycles. The van der Waals surface area contributed by atoms with Crippen molar-refractivity contribution in [2.24, 2.45) is 0 Å². The zero-order chi connectivity index (χ0) is 18.6. The summed E-state index contributed by atoms with van der Waals surface area (Å²) in [6, 6.07) is 15.7. The molecule has 0 aliphatic rings. The fourth-order valence-electron chi connectivity index (χ4n) is 2.40. The van der Waals surface area contributed by atoms with Crippen LogP contribution in [-0.4, -0.2) is 21.1 Å². The molecular weight excluding hydrogens is 380 g/mol. The topological polar surface area (TPSA) is 80.9 Å². The van der Waals surface area contributed by atoms with Gasteiger partial charge in [-0.15, -0.1) is 10.2 Å². The van der Waals surface area contributed by atoms with Gasteiger partial charge in [-0.3, -0.25) is 4.79 Å². The van der Waals surface area contributed by atoms with Gasteiger partial charge in [-0.05, 0) is 24.6 Å². The van der Waals surface area contributed by atoms with Crippen molar-refractivity contribution in [3.8, 4) is 0 Å². The maximum Gasteiger partial charge on any atom is 0.282 e. The molecule has 0 radical (unpaired) electrons. The number of hydrogen-bond donors (Lipinski definition) is 1. The summed E-state index contributed by atoms with van der Waals surface area (Å²) >= 11 is 2.71. The average molecular weight is 396 g/mol. The van der Waals surface area contributed by atoms with Crippen molar-refractivity contribution < 1.29 is 9.21 Å². The molecule has 0 unspecified atom stereocenters. The number of oxazole rings is 1. The number of nitrogens with one attached hydrogen (secondary N) is 1. The van der Waals surface area contributed by atoms with E-state index in [1.54, 1.807) is 0 Å². The molecule has 4 aromatic rings. The normalized spacial score (nSPS) is 11.0. The third-order valence-corrected chi connectivity index (χ3v) is 5.77. The molecule has 1 amide bonds. The Morgan fingerprint density at radius 3 is 2.78 bits per heavy atom. The van der Waals surface area contributed by atoms with E-state index in [4.69, 9.17) is 4.42 Å². The Balaban J connectivity index is 1.33. The van der Waals surface area contributed by atoms with Crippen molar-refractivity contribution in [1.29, 1.82) is 0 Å². The average Bonchev–Trinajstić information content (AvgIpc) is 3.32. The molecule has 1 N–H and O–H groups in total. The second-order valence-electron chi connectivity index (χ2n) is 5.91. The third-order valence-electron chi connectivity index (χ3n) is 3.83. The van der Waals surface area contributed by atoms with Crippen LogP contribution in [0.4, 0.5) is 0 Å². The number of rotatable bonds is 6. The molecule has 0 fully saturated rings. The molecule has 0 aliphatic heterocycles. The Hall–Kier alpha value is -2.71. The summed E-state index contributed by atoms with van der Waals surface area (Å²) in [6.45, 7) is 2.50. The number of para-hydroxylation sites is 2. The van der Waals surface area contributed by atoms with Gasteiger partial charge in [-0.2, -0.15) is 0 Å². The number of fused-ring (bicyclic) bond motifs is 1. The van der Waals surface area contributed by atoms with Crippen LogP contribution in [0.15, 0.2) is 58.2 Å². The van der Waals surface area contributed by atoms with Crippen molar-refractivity contribution in [3.63, 3.8) is 0 Å². The lowest BCUT2D eigenvalue weighted by Gasteiger charge is -2.03. The molecule has 27 heavy (non-hydrogen) atoms. The summed E-state index contributed by atoms with van der Waals surface area (Å²) in [5.41, 5.74) is 3.82. The lowest BCUT2D eigenvalue weighted by molar-refractivity contribution is 0.0950. The molecule has 8 heteroatoms. The lowest BCUT2D eigenvalue weighted by Crippen LogP contribution is -2.22. The van der Waals surface area contributed by atoms with Crippen LogP contribution >= 0.6 is 23.1 Å². The maximum atomic E-state index is 12.2. The first-order valence-electron chi connectivity index (χ1n) is 8.32. The van der Waals surface area contributed by atoms with E-state index < -0.39 is 0 Å². The molecule has 0 aliphatic carbocycles. The van der Waals surface area contributed by atoms with Gasteiger partial charge in [0.15, 0.2) is 5.58 Å². The summed E-state index contributed by atoms with van der Waals surface area (Å²) < 4.78 is 5.67. The molecule has 0 spiro atoms. The Morgan fingerprint density at radius 1 is 1.15 bits per heavy atom. The van der Waals surface area contributed by atoms with Crippen LogP contribution in [0.3, 0.4) is 0 Å². The van der Waals surface area contributed by atoms with Crippen LogP contribution in [0.25, 0.3) is 11.1 Å². The summed E-state index contributed by atoms with van der Waals surface area (Å²) in [5, 5.41) is 12.6. The van der Waals surface area contributed by atoms with E-state index >= 15 is 0 Å². The Kier molecular flexibility index (Phi) is 5.17. The SMILES string of the molecule is Cc1ccc(CNC(=O)c2nnc(CSc3nc4ccccc4o3)s2)cc1. The highest BCUT2D eigenvalue weighted by molar-refractivity contribution is 7.98. The maximum absolute atomic E-state index is 12.2. The first kappa shape index (κ1) is 17.7. The smallest absolute Gasteiger partial charge is 0.282 e. The number of nitrogens with zero attached hydrogens (tertiary/aromatic N) is 3. The van der Waals surface area contributed by atoms with Crippen molar-refractivity contribution in [2.75, 3.05) is 0 Å². The highest BCUT2D eigenvalue weighted by Crippen LogP contribution is 2.27. The van der Waals surface area contributed by atoms with E-state index in [-0.39, 0.29) is 5.91 Å². The second kappa shape index (κ2) is 7.89. The first-order chi connectivity index (χ1) is 13.2. The van der Waals surface area contributed by atoms with Gasteiger partial charge < -0.3 is 9.73 Å². The second-order valence-corrected chi connectivity index (χ2v) is 7.89. The van der Waals surface area contributed by atoms with Crippen molar-refractivity contribution in [3.05, 3.63) is 69.7 Å². The van der Waals surface area contributed by atoms with Gasteiger partial charge in [0.25, 0.3) is 11.1 Å². The standard InChI is InChI=1S/C19H16N4O2S2/c1-12-6-8-13(9-7-12)10-20-17(24)18-23-22-16(27-18)11-26-19-21-14-4-2-3-5-15(14)25-19/h2-9H,10-11H2,1H3,(H,20,24). The number of carbonyl (C=O) groups is 1. The van der Waals surface area contributed by atoms with Crippen molar-refractivity contribution in [1.82, 2.24) is 20.5 Å². The van der Waals surface area contributed by atoms with E-state index in [0.717, 1.165) is 21.7 Å². The number of benzene rings is 2. The van der Waals surface area contributed by atoms with Gasteiger partial charge in [0.1, 0.15) is 10.5 Å². The zero-order valence-corrected chi connectivity index (χ0v) is 16.1. The molecule has 0 atom stereocenters. The quantitative estimate of drug-likeness (QED) is 0.492. The predicted molar refractivity (Wildman–Crippen MR) is 106 cm³/mol. The van der Waals surface area contributed by atoms with Crippen LogP contribution in [0.1, 0.15) is 25.9 Å². The van der Waals surface area contributed by atoms with Gasteiger partial charge in [-0.25, -0.2) is 4.98 Å². The minimum Gasteiger partial charge on any atom is -0.431 e. The van der Waals surface area contributed by atoms with Gasteiger partial charge in [0, 0.05) is 6.54 Å². The minimum atomic E-state index is -0.216. The minimum absolute atomic E-state index is 0.216. The number of aryl methyl sites for hydroxylation is 1. The first-order valence-corrected chi connectivity index (χ1v) is 10.1. The fraction of sp³-hybridized carbons (Fsp3) is 0.158. The highest BCUT2D eigenvalue weighted by atomic mass is 32.2. The number of hydrogen-bond acceptors (Lipinski definition) is 7. The van der Waals surface area contributed by atoms with Crippen LogP contribution in [0.5, 0.6) is 0 Å². The van der Waals surface area contributed by atoms with Gasteiger partial charge in [-0.1, -0.05) is 65.1 Å². The Bertz CT molecular complexity index is 1040. The lowest BCUT2D eigenvalue weighted by atomic mass is 10.1. The van der Waals surface area contributed by atoms with E-state index in [1.165, 1.54) is 28.7 Å². The molecule has 2 heterocycles. The van der Waals surface area contributed by atoms with Gasteiger partial charge in [0.2, 0.25) is 5.01 Å². The molecule has 6 nitrogen and oxygen atoms in total. The summed E-state index contributed by atoms with van der Waals surface area (Å²) in [7, 11) is 0. The molecule has 0 saturated heterocycles. The summed E-state index contributed by atoms with van der Waals surface area (Å²) in [4.78, 5) is 16.7. The largest absolute Gasteiger partial charge is 0.431 e. The number of carbonyl (C=O) groups excluding carboxylic acids is 1. The number of aromatic nitrogens is 3. The molecule has 0 bridgehead atoms. The van der Waals surface area contributed by atoms with Crippen molar-refractivity contribution in [2.45, 2.75) is 24.4 Å². The summed E-state index contributed by atoms with van der Waals surface area (Å²) in [5.74, 6) is 0.335. The molecule has 136 valence electrons. The number of thioether (sulfide) groups is 1. The predicted octanol–water partition coefficient (Wildman–Crippen LogP) is 4.21. The Labute approximate surface area is 164 Å². The monoisotopic (exact) mass is 396 g/mol. The van der Waals surface area contributed by atoms with Crippen LogP contribution < -0.4 is 5.32 Å². The van der Waals surface area contributed by atoms with E-state index in [2.05, 4.69) is 20.5 Å². The highest BCUT2D eigenvalue weighted by Gasteiger charge is 2.14. The molecule has 2 aromatic carbocycles. The third kappa shape index (κ3) is 4.35. The van der Waals surface area contributed by atoms with E-state index in [9.17, 15) is 4.79 Å². The molecule has 0 saturated carbocycles. The molecule has 4 rings (SSSR count).